The first kappa shape index (κ1) is 8.21. The third-order valence-corrected chi connectivity index (χ3v) is 0.626. The number of hydrogen-bond donors (Lipinski definition) is 0. The summed E-state index contributed by atoms with van der Waals surface area (Å²) in [5.74, 6) is 0.454. The summed E-state index contributed by atoms with van der Waals surface area (Å²) in [6.07, 6.45) is 3.42. The van der Waals surface area contributed by atoms with Crippen molar-refractivity contribution in [2.45, 2.75) is 13.8 Å². The quantitative estimate of drug-likeness (QED) is 0.244. The minimum Gasteiger partial charge on any atom is -0.392 e. The highest BCUT2D eigenvalue weighted by molar-refractivity contribution is 5.58. The highest BCUT2D eigenvalue weighted by Gasteiger charge is 1.82. The lowest BCUT2D eigenvalue weighted by Gasteiger charge is -1.92. The lowest BCUT2D eigenvalue weighted by molar-refractivity contribution is 0.175. The van der Waals surface area contributed by atoms with Gasteiger partial charge >= 0.3 is 0 Å². The topological polar surface area (TPSA) is 21.6 Å². The second-order valence-electron chi connectivity index (χ2n) is 2.08. The van der Waals surface area contributed by atoms with E-state index >= 15 is 0 Å². The van der Waals surface area contributed by atoms with E-state index in [0.717, 1.165) is 0 Å². The zero-order valence-corrected chi connectivity index (χ0v) is 6.00. The van der Waals surface area contributed by atoms with Crippen LogP contribution in [0.15, 0.2) is 17.8 Å². The highest BCUT2D eigenvalue weighted by atomic mass is 16.6. The molecule has 52 valence electrons. The van der Waals surface area contributed by atoms with Crippen LogP contribution in [0.25, 0.3) is 0 Å². The van der Waals surface area contributed by atoms with Gasteiger partial charge < -0.3 is 4.84 Å². The minimum atomic E-state index is 0.454. The van der Waals surface area contributed by atoms with Gasteiger partial charge in [0.05, 0.1) is 0 Å². The summed E-state index contributed by atoms with van der Waals surface area (Å²) in [6.45, 7) is 8.05. The van der Waals surface area contributed by atoms with Crippen molar-refractivity contribution >= 4 is 6.21 Å². The maximum Gasteiger partial charge on any atom is 0.135 e. The van der Waals surface area contributed by atoms with Crippen LogP contribution in [-0.4, -0.2) is 12.8 Å². The number of nitrogens with zero attached hydrogens (tertiary/aromatic N) is 1. The van der Waals surface area contributed by atoms with Crippen LogP contribution >= 0.6 is 0 Å². The second-order valence-corrected chi connectivity index (χ2v) is 2.08. The van der Waals surface area contributed by atoms with Crippen molar-refractivity contribution in [3.8, 4) is 0 Å². The van der Waals surface area contributed by atoms with Gasteiger partial charge in [0.2, 0.25) is 0 Å². The lowest BCUT2D eigenvalue weighted by Crippen LogP contribution is -1.89. The predicted octanol–water partition coefficient (Wildman–Crippen LogP) is 1.83. The maximum absolute atomic E-state index is 4.74. The van der Waals surface area contributed by atoms with Crippen molar-refractivity contribution in [1.29, 1.82) is 0 Å². The normalized spacial score (nSPS) is 10.6. The van der Waals surface area contributed by atoms with Gasteiger partial charge in [0.1, 0.15) is 6.61 Å². The molecule has 0 aliphatic heterocycles. The van der Waals surface area contributed by atoms with Crippen LogP contribution in [0.3, 0.4) is 0 Å². The molecule has 0 saturated heterocycles. The van der Waals surface area contributed by atoms with Crippen molar-refractivity contribution in [2.24, 2.45) is 11.1 Å². The fourth-order valence-electron chi connectivity index (χ4n) is 0.260. The summed E-state index contributed by atoms with van der Waals surface area (Å²) in [5, 5.41) is 3.66. The van der Waals surface area contributed by atoms with Gasteiger partial charge in [-0.15, -0.1) is 0 Å². The Kier molecular flexibility index (Phi) is 4.88. The fraction of sp³-hybridized carbons (Fsp3) is 0.571. The standard InChI is InChI=1S/C7H13NO/c1-4-5-9-8-6-7(2)3/h4,6-7H,1,5H2,2-3H3. The van der Waals surface area contributed by atoms with E-state index in [1.165, 1.54) is 0 Å². The molecule has 0 N–H and O–H groups in total. The van der Waals surface area contributed by atoms with E-state index in [4.69, 9.17) is 4.84 Å². The molecule has 0 aliphatic carbocycles. The van der Waals surface area contributed by atoms with Crippen LogP contribution in [0, 0.1) is 5.92 Å². The van der Waals surface area contributed by atoms with Crippen molar-refractivity contribution in [3.63, 3.8) is 0 Å². The first-order chi connectivity index (χ1) is 4.27. The minimum absolute atomic E-state index is 0.454. The first-order valence-electron chi connectivity index (χ1n) is 3.03. The molecule has 0 bridgehead atoms. The zero-order chi connectivity index (χ0) is 7.11. The van der Waals surface area contributed by atoms with Gasteiger partial charge in [-0.3, -0.25) is 0 Å². The molecule has 0 unspecified atom stereocenters. The third-order valence-electron chi connectivity index (χ3n) is 0.626. The molecule has 0 atom stereocenters. The van der Waals surface area contributed by atoms with E-state index < -0.39 is 0 Å². The number of rotatable bonds is 4. The summed E-state index contributed by atoms with van der Waals surface area (Å²) in [7, 11) is 0. The van der Waals surface area contributed by atoms with Gasteiger partial charge in [0.25, 0.3) is 0 Å². The Morgan fingerprint density at radius 1 is 1.67 bits per heavy atom. The summed E-state index contributed by atoms with van der Waals surface area (Å²) < 4.78 is 0. The van der Waals surface area contributed by atoms with E-state index in [0.29, 0.717) is 12.5 Å². The van der Waals surface area contributed by atoms with E-state index in [9.17, 15) is 0 Å². The Morgan fingerprint density at radius 3 is 2.78 bits per heavy atom. The van der Waals surface area contributed by atoms with Crippen molar-refractivity contribution < 1.29 is 4.84 Å². The molecule has 0 radical (unpaired) electrons. The van der Waals surface area contributed by atoms with Gasteiger partial charge in [-0.1, -0.05) is 31.7 Å². The summed E-state index contributed by atoms with van der Waals surface area (Å²) in [5.41, 5.74) is 0. The maximum atomic E-state index is 4.74. The second kappa shape index (κ2) is 5.35. The predicted molar refractivity (Wildman–Crippen MR) is 39.5 cm³/mol. The summed E-state index contributed by atoms with van der Waals surface area (Å²) >= 11 is 0. The molecule has 9 heavy (non-hydrogen) atoms. The SMILES string of the molecule is C=CCON=CC(C)C. The zero-order valence-electron chi connectivity index (χ0n) is 6.00. The highest BCUT2D eigenvalue weighted by Crippen LogP contribution is 1.85. The molecule has 2 nitrogen and oxygen atoms in total. The van der Waals surface area contributed by atoms with E-state index in [-0.39, 0.29) is 0 Å². The molecule has 0 amide bonds. The van der Waals surface area contributed by atoms with Gasteiger partial charge in [0, 0.05) is 6.21 Å². The van der Waals surface area contributed by atoms with Gasteiger partial charge in [-0.2, -0.15) is 0 Å². The van der Waals surface area contributed by atoms with Gasteiger partial charge in [-0.05, 0) is 5.92 Å². The van der Waals surface area contributed by atoms with Gasteiger partial charge in [0.15, 0.2) is 0 Å². The van der Waals surface area contributed by atoms with E-state index in [2.05, 4.69) is 11.7 Å². The third kappa shape index (κ3) is 7.21. The molecule has 0 saturated carbocycles. The average molecular weight is 127 g/mol. The molecule has 0 aromatic carbocycles. The Balaban J connectivity index is 3.14. The molecule has 0 aliphatic rings. The molecule has 0 fully saturated rings. The largest absolute Gasteiger partial charge is 0.392 e. The van der Waals surface area contributed by atoms with E-state index in [1.54, 1.807) is 12.3 Å². The molecular weight excluding hydrogens is 114 g/mol. The van der Waals surface area contributed by atoms with Gasteiger partial charge in [-0.25, -0.2) is 0 Å². The van der Waals surface area contributed by atoms with Crippen LogP contribution in [0.5, 0.6) is 0 Å². The summed E-state index contributed by atoms with van der Waals surface area (Å²) in [4.78, 5) is 4.74. The molecular formula is C7H13NO. The molecule has 0 heterocycles. The van der Waals surface area contributed by atoms with Crippen LogP contribution in [0.2, 0.25) is 0 Å². The smallest absolute Gasteiger partial charge is 0.135 e. The monoisotopic (exact) mass is 127 g/mol. The first-order valence-corrected chi connectivity index (χ1v) is 3.03. The fourth-order valence-corrected chi connectivity index (χ4v) is 0.260. The molecule has 0 spiro atoms. The Morgan fingerprint density at radius 2 is 2.33 bits per heavy atom. The molecule has 2 heteroatoms. The molecule has 0 aromatic rings. The van der Waals surface area contributed by atoms with Crippen LogP contribution in [-0.2, 0) is 4.84 Å². The van der Waals surface area contributed by atoms with Crippen LogP contribution < -0.4 is 0 Å². The number of oxime groups is 1. The molecule has 0 rings (SSSR count). The van der Waals surface area contributed by atoms with Crippen molar-refractivity contribution in [3.05, 3.63) is 12.7 Å². The van der Waals surface area contributed by atoms with Crippen LogP contribution in [0.1, 0.15) is 13.8 Å². The molecule has 0 aromatic heterocycles. The Hall–Kier alpha value is -0.790. The summed E-state index contributed by atoms with van der Waals surface area (Å²) in [6, 6.07) is 0. The average Bonchev–Trinajstić information content (AvgIpc) is 1.80. The Bertz CT molecular complexity index is 97.1. The lowest BCUT2D eigenvalue weighted by atomic mass is 10.3. The van der Waals surface area contributed by atoms with Crippen molar-refractivity contribution in [2.75, 3.05) is 6.61 Å². The Labute approximate surface area is 56.2 Å². The number of hydrogen-bond acceptors (Lipinski definition) is 2. The van der Waals surface area contributed by atoms with Crippen LogP contribution in [0.4, 0.5) is 0 Å². The van der Waals surface area contributed by atoms with Crippen molar-refractivity contribution in [1.82, 2.24) is 0 Å². The van der Waals surface area contributed by atoms with E-state index in [1.807, 2.05) is 13.8 Å².